The van der Waals surface area contributed by atoms with Gasteiger partial charge in [0.2, 0.25) is 21.8 Å². The largest absolute Gasteiger partial charge is 0.357 e. The number of carbonyl (C=O) groups is 2. The molecule has 3 rings (SSSR count). The zero-order valence-electron chi connectivity index (χ0n) is 19.9. The number of nitrogens with one attached hydrogen (secondary N) is 1. The van der Waals surface area contributed by atoms with E-state index in [9.17, 15) is 22.4 Å². The number of hydrogen-bond donors (Lipinski definition) is 1. The summed E-state index contributed by atoms with van der Waals surface area (Å²) in [5.41, 5.74) is 1.22. The minimum absolute atomic E-state index is 0.153. The van der Waals surface area contributed by atoms with E-state index >= 15 is 0 Å². The van der Waals surface area contributed by atoms with Crippen molar-refractivity contribution in [1.29, 1.82) is 0 Å². The SMILES string of the molecule is CNC(=O)[C@@H](Cc1ccccc1)N(Cc1ccccc1F)C(=O)CN(c1ccc(Cl)cc1)S(C)(=O)=O. The van der Waals surface area contributed by atoms with E-state index in [4.69, 9.17) is 11.6 Å². The van der Waals surface area contributed by atoms with Gasteiger partial charge in [0, 0.05) is 30.6 Å². The van der Waals surface area contributed by atoms with Gasteiger partial charge in [0.15, 0.2) is 0 Å². The normalized spacial score (nSPS) is 12.0. The summed E-state index contributed by atoms with van der Waals surface area (Å²) in [5, 5.41) is 2.97. The first-order valence-electron chi connectivity index (χ1n) is 11.1. The summed E-state index contributed by atoms with van der Waals surface area (Å²) in [4.78, 5) is 27.9. The Labute approximate surface area is 215 Å². The zero-order valence-corrected chi connectivity index (χ0v) is 21.5. The lowest BCUT2D eigenvalue weighted by Gasteiger charge is -2.33. The Morgan fingerprint density at radius 2 is 1.58 bits per heavy atom. The van der Waals surface area contributed by atoms with E-state index in [2.05, 4.69) is 5.32 Å². The molecular weight excluding hydrogens is 505 g/mol. The van der Waals surface area contributed by atoms with Gasteiger partial charge in [-0.3, -0.25) is 13.9 Å². The average molecular weight is 532 g/mol. The van der Waals surface area contributed by atoms with Crippen molar-refractivity contribution in [3.8, 4) is 0 Å². The Bertz CT molecular complexity index is 1300. The predicted molar refractivity (Wildman–Crippen MR) is 139 cm³/mol. The molecule has 0 saturated carbocycles. The molecule has 0 unspecified atom stereocenters. The third-order valence-corrected chi connectivity index (χ3v) is 7.00. The molecule has 0 spiro atoms. The molecule has 3 aromatic rings. The first-order chi connectivity index (χ1) is 17.1. The predicted octanol–water partition coefficient (Wildman–Crippen LogP) is 3.63. The van der Waals surface area contributed by atoms with Gasteiger partial charge in [-0.2, -0.15) is 0 Å². The summed E-state index contributed by atoms with van der Waals surface area (Å²) in [5.74, 6) is -1.66. The van der Waals surface area contributed by atoms with Gasteiger partial charge in [-0.25, -0.2) is 12.8 Å². The Balaban J connectivity index is 2.03. The van der Waals surface area contributed by atoms with Crippen molar-refractivity contribution < 1.29 is 22.4 Å². The van der Waals surface area contributed by atoms with Gasteiger partial charge >= 0.3 is 0 Å². The van der Waals surface area contributed by atoms with Crippen LogP contribution in [0.1, 0.15) is 11.1 Å². The molecule has 0 bridgehead atoms. The van der Waals surface area contributed by atoms with Crippen molar-refractivity contribution in [3.05, 3.63) is 101 Å². The molecule has 0 heterocycles. The monoisotopic (exact) mass is 531 g/mol. The van der Waals surface area contributed by atoms with Crippen LogP contribution in [0.3, 0.4) is 0 Å². The van der Waals surface area contributed by atoms with E-state index in [1.165, 1.54) is 54.4 Å². The fourth-order valence-corrected chi connectivity index (χ4v) is 4.73. The number of likely N-dealkylation sites (N-methyl/N-ethyl adjacent to an activating group) is 1. The third kappa shape index (κ3) is 7.05. The highest BCUT2D eigenvalue weighted by Crippen LogP contribution is 2.22. The van der Waals surface area contributed by atoms with Crippen molar-refractivity contribution in [2.75, 3.05) is 24.2 Å². The number of halogens is 2. The van der Waals surface area contributed by atoms with Crippen LogP contribution in [-0.2, 0) is 32.6 Å². The molecule has 3 aromatic carbocycles. The van der Waals surface area contributed by atoms with Crippen LogP contribution < -0.4 is 9.62 Å². The molecule has 0 saturated heterocycles. The zero-order chi connectivity index (χ0) is 26.3. The molecule has 0 aliphatic carbocycles. The number of hydrogen-bond acceptors (Lipinski definition) is 4. The van der Waals surface area contributed by atoms with Crippen molar-refractivity contribution in [2.24, 2.45) is 0 Å². The maximum Gasteiger partial charge on any atom is 0.244 e. The smallest absolute Gasteiger partial charge is 0.244 e. The first-order valence-corrected chi connectivity index (χ1v) is 13.3. The van der Waals surface area contributed by atoms with Crippen molar-refractivity contribution in [1.82, 2.24) is 10.2 Å². The minimum atomic E-state index is -3.88. The van der Waals surface area contributed by atoms with Gasteiger partial charge in [0.25, 0.3) is 0 Å². The fourth-order valence-electron chi connectivity index (χ4n) is 3.75. The van der Waals surface area contributed by atoms with Crippen LogP contribution in [0.4, 0.5) is 10.1 Å². The first kappa shape index (κ1) is 27.2. The number of amides is 2. The van der Waals surface area contributed by atoms with Crippen LogP contribution in [0.5, 0.6) is 0 Å². The summed E-state index contributed by atoms with van der Waals surface area (Å²) in [6, 6.07) is 20.0. The van der Waals surface area contributed by atoms with Crippen LogP contribution in [0.25, 0.3) is 0 Å². The molecule has 36 heavy (non-hydrogen) atoms. The van der Waals surface area contributed by atoms with Crippen LogP contribution in [0, 0.1) is 5.82 Å². The maximum atomic E-state index is 14.6. The molecule has 190 valence electrons. The number of anilines is 1. The highest BCUT2D eigenvalue weighted by molar-refractivity contribution is 7.92. The van der Waals surface area contributed by atoms with Gasteiger partial charge in [-0.15, -0.1) is 0 Å². The molecule has 2 amide bonds. The van der Waals surface area contributed by atoms with Crippen LogP contribution in [0.15, 0.2) is 78.9 Å². The Kier molecular flexibility index (Phi) is 9.06. The topological polar surface area (TPSA) is 86.8 Å². The van der Waals surface area contributed by atoms with Gasteiger partial charge in [-0.05, 0) is 35.9 Å². The van der Waals surface area contributed by atoms with Gasteiger partial charge in [-0.1, -0.05) is 60.1 Å². The Morgan fingerprint density at radius 3 is 2.17 bits per heavy atom. The van der Waals surface area contributed by atoms with Crippen molar-refractivity contribution >= 4 is 39.1 Å². The summed E-state index contributed by atoms with van der Waals surface area (Å²) < 4.78 is 40.8. The Hall–Kier alpha value is -3.43. The van der Waals surface area contributed by atoms with E-state index in [1.54, 1.807) is 6.07 Å². The lowest BCUT2D eigenvalue weighted by molar-refractivity contribution is -0.139. The van der Waals surface area contributed by atoms with Crippen LogP contribution in [-0.4, -0.2) is 51.0 Å². The summed E-state index contributed by atoms with van der Waals surface area (Å²) in [6.07, 6.45) is 1.14. The second kappa shape index (κ2) is 12.0. The number of benzene rings is 3. The van der Waals surface area contributed by atoms with Crippen LogP contribution in [0.2, 0.25) is 5.02 Å². The fraction of sp³-hybridized carbons (Fsp3) is 0.231. The molecule has 0 fully saturated rings. The van der Waals surface area contributed by atoms with Gasteiger partial charge < -0.3 is 10.2 Å². The van der Waals surface area contributed by atoms with Crippen molar-refractivity contribution in [3.63, 3.8) is 0 Å². The van der Waals surface area contributed by atoms with E-state index < -0.39 is 40.2 Å². The molecule has 0 aromatic heterocycles. The average Bonchev–Trinajstić information content (AvgIpc) is 2.85. The van der Waals surface area contributed by atoms with Crippen molar-refractivity contribution in [2.45, 2.75) is 19.0 Å². The molecule has 1 N–H and O–H groups in total. The second-order valence-electron chi connectivity index (χ2n) is 8.18. The maximum absolute atomic E-state index is 14.6. The Morgan fingerprint density at radius 1 is 0.972 bits per heavy atom. The standard InChI is InChI=1S/C26H27ClFN3O4S/c1-29-26(33)24(16-19-8-4-3-5-9-19)30(17-20-10-6-7-11-23(20)28)25(32)18-31(36(2,34)35)22-14-12-21(27)13-15-22/h3-15,24H,16-18H2,1-2H3,(H,29,33)/t24-/m1/s1. The minimum Gasteiger partial charge on any atom is -0.357 e. The third-order valence-electron chi connectivity index (χ3n) is 5.61. The summed E-state index contributed by atoms with van der Waals surface area (Å²) >= 11 is 5.94. The second-order valence-corrected chi connectivity index (χ2v) is 10.5. The number of sulfonamides is 1. The molecule has 1 atom stereocenters. The van der Waals surface area contributed by atoms with E-state index in [0.717, 1.165) is 16.1 Å². The van der Waals surface area contributed by atoms with Gasteiger partial charge in [0.1, 0.15) is 18.4 Å². The van der Waals surface area contributed by atoms with E-state index in [1.807, 2.05) is 30.3 Å². The molecule has 0 aliphatic rings. The quantitative estimate of drug-likeness (QED) is 0.433. The summed E-state index contributed by atoms with van der Waals surface area (Å²) in [6.45, 7) is -0.814. The molecule has 0 aliphatic heterocycles. The lowest BCUT2D eigenvalue weighted by Crippen LogP contribution is -2.53. The van der Waals surface area contributed by atoms with Gasteiger partial charge in [0.05, 0.1) is 11.9 Å². The molecule has 7 nitrogen and oxygen atoms in total. The molecule has 10 heteroatoms. The highest BCUT2D eigenvalue weighted by atomic mass is 35.5. The highest BCUT2D eigenvalue weighted by Gasteiger charge is 2.33. The number of nitrogens with zero attached hydrogens (tertiary/aromatic N) is 2. The lowest BCUT2D eigenvalue weighted by atomic mass is 10.0. The van der Waals surface area contributed by atoms with E-state index in [-0.39, 0.29) is 24.2 Å². The molecular formula is C26H27ClFN3O4S. The summed E-state index contributed by atoms with van der Waals surface area (Å²) in [7, 11) is -2.44. The molecule has 0 radical (unpaired) electrons. The number of rotatable bonds is 10. The van der Waals surface area contributed by atoms with Crippen LogP contribution >= 0.6 is 11.6 Å². The van der Waals surface area contributed by atoms with E-state index in [0.29, 0.717) is 5.02 Å². The number of carbonyl (C=O) groups excluding carboxylic acids is 2.